The highest BCUT2D eigenvalue weighted by atomic mass is 16.5. The van der Waals surface area contributed by atoms with Gasteiger partial charge in [-0.05, 0) is 12.5 Å². The Hall–Kier alpha value is -2.37. The molecule has 1 aromatic carbocycles. The highest BCUT2D eigenvalue weighted by Gasteiger charge is 2.09. The van der Waals surface area contributed by atoms with Gasteiger partial charge in [0.05, 0.1) is 0 Å². The largest absolute Gasteiger partial charge is 0.339 e. The van der Waals surface area contributed by atoms with Crippen molar-refractivity contribution >= 4 is 6.03 Å². The number of hydrogen-bond acceptors (Lipinski definition) is 4. The van der Waals surface area contributed by atoms with Crippen LogP contribution in [0.3, 0.4) is 0 Å². The van der Waals surface area contributed by atoms with Gasteiger partial charge < -0.3 is 15.2 Å². The number of amides is 2. The fourth-order valence-electron chi connectivity index (χ4n) is 1.84. The summed E-state index contributed by atoms with van der Waals surface area (Å²) in [5.41, 5.74) is 2.27. The summed E-state index contributed by atoms with van der Waals surface area (Å²) in [4.78, 5) is 16.0. The van der Waals surface area contributed by atoms with Gasteiger partial charge in [-0.1, -0.05) is 48.8 Å². The third-order valence-electron chi connectivity index (χ3n) is 3.20. The van der Waals surface area contributed by atoms with Gasteiger partial charge in [-0.25, -0.2) is 4.79 Å². The van der Waals surface area contributed by atoms with Gasteiger partial charge in [0.1, 0.15) is 0 Å². The van der Waals surface area contributed by atoms with E-state index in [1.165, 1.54) is 5.56 Å². The molecule has 1 aromatic heterocycles. The summed E-state index contributed by atoms with van der Waals surface area (Å²) < 4.78 is 5.12. The van der Waals surface area contributed by atoms with Crippen LogP contribution in [0.1, 0.15) is 42.6 Å². The van der Waals surface area contributed by atoms with Crippen LogP contribution in [0.15, 0.2) is 28.8 Å². The van der Waals surface area contributed by atoms with E-state index >= 15 is 0 Å². The number of benzene rings is 1. The zero-order chi connectivity index (χ0) is 15.9. The molecular weight excluding hydrogens is 280 g/mol. The van der Waals surface area contributed by atoms with Crippen molar-refractivity contribution in [3.63, 3.8) is 0 Å². The molecule has 0 saturated carbocycles. The van der Waals surface area contributed by atoms with Gasteiger partial charge in [-0.2, -0.15) is 4.98 Å². The lowest BCUT2D eigenvalue weighted by Gasteiger charge is -2.07. The second-order valence-corrected chi connectivity index (χ2v) is 5.55. The summed E-state index contributed by atoms with van der Waals surface area (Å²) >= 11 is 0. The van der Waals surface area contributed by atoms with E-state index in [4.69, 9.17) is 4.52 Å². The first-order valence-electron chi connectivity index (χ1n) is 7.44. The molecule has 118 valence electrons. The van der Waals surface area contributed by atoms with E-state index in [0.29, 0.717) is 31.2 Å². The Morgan fingerprint density at radius 2 is 1.95 bits per heavy atom. The minimum Gasteiger partial charge on any atom is -0.339 e. The SMILES string of the molecule is Cc1ccc(CNC(=O)NCCc2nc(C(C)C)no2)cc1. The zero-order valence-electron chi connectivity index (χ0n) is 13.2. The minimum absolute atomic E-state index is 0.204. The molecule has 6 nitrogen and oxygen atoms in total. The predicted molar refractivity (Wildman–Crippen MR) is 83.5 cm³/mol. The van der Waals surface area contributed by atoms with Crippen molar-refractivity contribution in [1.82, 2.24) is 20.8 Å². The number of carbonyl (C=O) groups excluding carboxylic acids is 1. The van der Waals surface area contributed by atoms with Crippen molar-refractivity contribution < 1.29 is 9.32 Å². The van der Waals surface area contributed by atoms with E-state index in [2.05, 4.69) is 20.8 Å². The molecule has 0 atom stereocenters. The lowest BCUT2D eigenvalue weighted by Crippen LogP contribution is -2.36. The maximum atomic E-state index is 11.7. The molecular formula is C16H22N4O2. The summed E-state index contributed by atoms with van der Waals surface area (Å²) in [5.74, 6) is 1.48. The molecule has 6 heteroatoms. The predicted octanol–water partition coefficient (Wildman–Crippen LogP) is 2.54. The summed E-state index contributed by atoms with van der Waals surface area (Å²) in [6.07, 6.45) is 0.525. The van der Waals surface area contributed by atoms with Crippen LogP contribution in [0, 0.1) is 6.92 Å². The number of carbonyl (C=O) groups is 1. The zero-order valence-corrected chi connectivity index (χ0v) is 13.2. The maximum Gasteiger partial charge on any atom is 0.315 e. The average Bonchev–Trinajstić information content (AvgIpc) is 2.96. The van der Waals surface area contributed by atoms with Crippen molar-refractivity contribution in [3.05, 3.63) is 47.1 Å². The summed E-state index contributed by atoms with van der Waals surface area (Å²) in [6, 6.07) is 7.85. The highest BCUT2D eigenvalue weighted by Crippen LogP contribution is 2.09. The van der Waals surface area contributed by atoms with E-state index in [-0.39, 0.29) is 11.9 Å². The lowest BCUT2D eigenvalue weighted by molar-refractivity contribution is 0.240. The van der Waals surface area contributed by atoms with Gasteiger partial charge in [-0.3, -0.25) is 0 Å². The molecule has 0 radical (unpaired) electrons. The number of nitrogens with one attached hydrogen (secondary N) is 2. The van der Waals surface area contributed by atoms with Crippen molar-refractivity contribution in [1.29, 1.82) is 0 Å². The number of aryl methyl sites for hydroxylation is 1. The van der Waals surface area contributed by atoms with Crippen LogP contribution < -0.4 is 10.6 Å². The normalized spacial score (nSPS) is 10.7. The first-order valence-corrected chi connectivity index (χ1v) is 7.44. The second kappa shape index (κ2) is 7.59. The minimum atomic E-state index is -0.204. The summed E-state index contributed by atoms with van der Waals surface area (Å²) in [7, 11) is 0. The fraction of sp³-hybridized carbons (Fsp3) is 0.438. The molecule has 0 aliphatic carbocycles. The molecule has 0 saturated heterocycles. The quantitative estimate of drug-likeness (QED) is 0.859. The first kappa shape index (κ1) is 16.0. The van der Waals surface area contributed by atoms with Crippen LogP contribution in [0.2, 0.25) is 0 Å². The molecule has 2 amide bonds. The number of nitrogens with zero attached hydrogens (tertiary/aromatic N) is 2. The fourth-order valence-corrected chi connectivity index (χ4v) is 1.84. The number of hydrogen-bond donors (Lipinski definition) is 2. The molecule has 0 bridgehead atoms. The Bertz CT molecular complexity index is 605. The Labute approximate surface area is 130 Å². The maximum absolute atomic E-state index is 11.7. The third kappa shape index (κ3) is 4.87. The summed E-state index contributed by atoms with van der Waals surface area (Å²) in [5, 5.41) is 9.47. The van der Waals surface area contributed by atoms with Crippen molar-refractivity contribution in [2.45, 2.75) is 39.7 Å². The van der Waals surface area contributed by atoms with E-state index in [1.807, 2.05) is 45.0 Å². The monoisotopic (exact) mass is 302 g/mol. The van der Waals surface area contributed by atoms with E-state index in [9.17, 15) is 4.79 Å². The molecule has 1 heterocycles. The molecule has 0 aliphatic heterocycles. The van der Waals surface area contributed by atoms with E-state index in [0.717, 1.165) is 5.56 Å². The van der Waals surface area contributed by atoms with Gasteiger partial charge in [0.2, 0.25) is 5.89 Å². The first-order chi connectivity index (χ1) is 10.5. The molecule has 2 rings (SSSR count). The van der Waals surface area contributed by atoms with Crippen molar-refractivity contribution in [2.24, 2.45) is 0 Å². The number of rotatable bonds is 6. The molecule has 0 aliphatic rings. The van der Waals surface area contributed by atoms with E-state index in [1.54, 1.807) is 0 Å². The van der Waals surface area contributed by atoms with Gasteiger partial charge in [0.25, 0.3) is 0 Å². The molecule has 2 aromatic rings. The summed E-state index contributed by atoms with van der Waals surface area (Å²) in [6.45, 7) is 7.01. The number of aromatic nitrogens is 2. The van der Waals surface area contributed by atoms with Gasteiger partial charge >= 0.3 is 6.03 Å². The van der Waals surface area contributed by atoms with Gasteiger partial charge in [-0.15, -0.1) is 0 Å². The second-order valence-electron chi connectivity index (χ2n) is 5.55. The van der Waals surface area contributed by atoms with Crippen molar-refractivity contribution in [3.8, 4) is 0 Å². The smallest absolute Gasteiger partial charge is 0.315 e. The molecule has 2 N–H and O–H groups in total. The Morgan fingerprint density at radius 1 is 1.23 bits per heavy atom. The highest BCUT2D eigenvalue weighted by molar-refractivity contribution is 5.73. The standard InChI is InChI=1S/C16H22N4O2/c1-11(2)15-19-14(22-20-15)8-9-17-16(21)18-10-13-6-4-12(3)5-7-13/h4-7,11H,8-10H2,1-3H3,(H2,17,18,21). The van der Waals surface area contributed by atoms with Gasteiger partial charge in [0.15, 0.2) is 5.82 Å². The van der Waals surface area contributed by atoms with Crippen molar-refractivity contribution in [2.75, 3.05) is 6.54 Å². The average molecular weight is 302 g/mol. The van der Waals surface area contributed by atoms with Crippen LogP contribution >= 0.6 is 0 Å². The van der Waals surface area contributed by atoms with E-state index < -0.39 is 0 Å². The molecule has 0 unspecified atom stereocenters. The molecule has 0 fully saturated rings. The van der Waals surface area contributed by atoms with Crippen LogP contribution in [-0.2, 0) is 13.0 Å². The van der Waals surface area contributed by atoms with Crippen LogP contribution in [-0.4, -0.2) is 22.7 Å². The molecule has 0 spiro atoms. The Kier molecular flexibility index (Phi) is 5.52. The third-order valence-corrected chi connectivity index (χ3v) is 3.20. The van der Waals surface area contributed by atoms with Gasteiger partial charge in [0, 0.05) is 25.4 Å². The van der Waals surface area contributed by atoms with Crippen LogP contribution in [0.4, 0.5) is 4.79 Å². The number of urea groups is 1. The lowest BCUT2D eigenvalue weighted by atomic mass is 10.1. The van der Waals surface area contributed by atoms with Crippen LogP contribution in [0.5, 0.6) is 0 Å². The Balaban J connectivity index is 1.68. The topological polar surface area (TPSA) is 80.0 Å². The van der Waals surface area contributed by atoms with Crippen LogP contribution in [0.25, 0.3) is 0 Å². The Morgan fingerprint density at radius 3 is 2.59 bits per heavy atom. The molecule has 22 heavy (non-hydrogen) atoms.